The Balaban J connectivity index is 2.09. The number of nitrogens with one attached hydrogen (secondary N) is 1. The van der Waals surface area contributed by atoms with Crippen LogP contribution in [0.15, 0.2) is 15.8 Å². The van der Waals surface area contributed by atoms with Gasteiger partial charge in [0.2, 0.25) is 0 Å². The van der Waals surface area contributed by atoms with Crippen LogP contribution in [0.1, 0.15) is 11.7 Å². The van der Waals surface area contributed by atoms with Gasteiger partial charge in [-0.15, -0.1) is 0 Å². The van der Waals surface area contributed by atoms with E-state index in [1.165, 1.54) is 0 Å². The van der Waals surface area contributed by atoms with Gasteiger partial charge in [0.05, 0.1) is 12.2 Å². The van der Waals surface area contributed by atoms with E-state index in [0.717, 1.165) is 13.2 Å². The van der Waals surface area contributed by atoms with Crippen LogP contribution in [0.2, 0.25) is 0 Å². The maximum atomic E-state index is 12.1. The first-order valence-electron chi connectivity index (χ1n) is 7.61. The molecule has 0 bridgehead atoms. The first-order valence-corrected chi connectivity index (χ1v) is 12.1. The third-order valence-corrected chi connectivity index (χ3v) is 7.50. The Morgan fingerprint density at radius 1 is 1.07 bits per heavy atom. The van der Waals surface area contributed by atoms with Gasteiger partial charge < -0.3 is 39.5 Å². The third kappa shape index (κ3) is 6.24. The van der Waals surface area contributed by atoms with E-state index >= 15 is 0 Å². The number of hydrogen-bond donors (Lipinski definition) is 7. The summed E-state index contributed by atoms with van der Waals surface area (Å²) in [6.07, 6.45) is -5.62. The van der Waals surface area contributed by atoms with Gasteiger partial charge in [0, 0.05) is 13.2 Å². The Hall–Kier alpha value is -1.03. The lowest BCUT2D eigenvalue weighted by molar-refractivity contribution is -0.0228. The van der Waals surface area contributed by atoms with Gasteiger partial charge in [-0.05, 0) is 0 Å². The van der Waals surface area contributed by atoms with Crippen LogP contribution >= 0.6 is 23.5 Å². The monoisotopic (exact) mass is 498 g/mol. The second kappa shape index (κ2) is 8.84. The summed E-state index contributed by atoms with van der Waals surface area (Å²) in [5.41, 5.74) is -1.88. The molecule has 17 nitrogen and oxygen atoms in total. The molecule has 1 fully saturated rings. The van der Waals surface area contributed by atoms with Crippen LogP contribution in [0, 0.1) is 0 Å². The molecule has 6 atom stereocenters. The summed E-state index contributed by atoms with van der Waals surface area (Å²) in [6.45, 7) is -1.04. The number of hydrogen-bond acceptors (Lipinski definition) is 11. The van der Waals surface area contributed by atoms with Crippen LogP contribution in [0.5, 0.6) is 0 Å². The molecule has 7 N–H and O–H groups in total. The van der Waals surface area contributed by atoms with E-state index in [-0.39, 0.29) is 5.56 Å². The number of ether oxygens (including phenoxy) is 1. The maximum Gasteiger partial charge on any atom is 0.490 e. The molecule has 1 saturated heterocycles. The Kier molecular flexibility index (Phi) is 7.44. The summed E-state index contributed by atoms with van der Waals surface area (Å²) in [6, 6.07) is 0. The Morgan fingerprint density at radius 2 is 1.67 bits per heavy atom. The number of nitrogens with zero attached hydrogens (tertiary/aromatic N) is 1. The molecule has 0 aliphatic carbocycles. The van der Waals surface area contributed by atoms with E-state index in [4.69, 9.17) is 19.4 Å². The smallest absolute Gasteiger partial charge is 0.387 e. The van der Waals surface area contributed by atoms with E-state index in [9.17, 15) is 38.4 Å². The predicted molar refractivity (Wildman–Crippen MR) is 91.7 cm³/mol. The van der Waals surface area contributed by atoms with Crippen molar-refractivity contribution < 1.29 is 61.4 Å². The zero-order valence-electron chi connectivity index (χ0n) is 14.7. The number of aliphatic hydroxyl groups excluding tert-OH is 2. The molecule has 1 aromatic rings. The van der Waals surface area contributed by atoms with Gasteiger partial charge in [0.15, 0.2) is 0 Å². The van der Waals surface area contributed by atoms with E-state index in [0.29, 0.717) is 4.57 Å². The lowest BCUT2D eigenvalue weighted by Gasteiger charge is -2.19. The summed E-state index contributed by atoms with van der Waals surface area (Å²) in [7, 11) is -15.6. The van der Waals surface area contributed by atoms with Crippen LogP contribution in [0.3, 0.4) is 0 Å². The summed E-state index contributed by atoms with van der Waals surface area (Å²) in [5, 5.41) is 20.1. The highest BCUT2D eigenvalue weighted by molar-refractivity contribution is 7.66. The van der Waals surface area contributed by atoms with Gasteiger partial charge in [0.1, 0.15) is 24.4 Å². The molecule has 2 heterocycles. The number of aliphatic hydroxyl groups is 2. The average Bonchev–Trinajstić information content (AvgIpc) is 2.83. The molecule has 30 heavy (non-hydrogen) atoms. The molecule has 1 aliphatic rings. The summed E-state index contributed by atoms with van der Waals surface area (Å²) >= 11 is 0. The van der Waals surface area contributed by atoms with E-state index in [2.05, 4.69) is 18.1 Å². The number of phosphoric ester groups is 1. The fraction of sp³-hybridized carbons (Fsp3) is 0.600. The highest BCUT2D eigenvalue weighted by Crippen LogP contribution is 2.66. The number of rotatable bonds is 8. The Bertz CT molecular complexity index is 1040. The van der Waals surface area contributed by atoms with Crippen molar-refractivity contribution in [3.63, 3.8) is 0 Å². The van der Waals surface area contributed by atoms with E-state index < -0.39 is 65.7 Å². The van der Waals surface area contributed by atoms with Crippen LogP contribution in [-0.2, 0) is 38.6 Å². The quantitative estimate of drug-likeness (QED) is 0.184. The lowest BCUT2D eigenvalue weighted by Crippen LogP contribution is -2.37. The summed E-state index contributed by atoms with van der Waals surface area (Å²) in [5.74, 6) is 0. The van der Waals surface area contributed by atoms with Gasteiger partial charge >= 0.3 is 29.2 Å². The predicted octanol–water partition coefficient (Wildman–Crippen LogP) is -2.42. The zero-order valence-corrected chi connectivity index (χ0v) is 17.4. The molecule has 172 valence electrons. The van der Waals surface area contributed by atoms with E-state index in [1.807, 2.05) is 0 Å². The summed E-state index contributed by atoms with van der Waals surface area (Å²) in [4.78, 5) is 61.1. The van der Waals surface area contributed by atoms with Crippen LogP contribution in [-0.4, -0.2) is 64.3 Å². The maximum absolute atomic E-state index is 12.1. The second-order valence-electron chi connectivity index (χ2n) is 5.88. The number of phosphoric acid groups is 3. The van der Waals surface area contributed by atoms with Crippen LogP contribution in [0.4, 0.5) is 0 Å². The minimum atomic E-state index is -5.73. The van der Waals surface area contributed by atoms with Gasteiger partial charge in [0.25, 0.3) is 5.56 Å². The third-order valence-electron chi connectivity index (χ3n) is 3.69. The molecule has 2 rings (SSSR count). The average molecular weight is 498 g/mol. The van der Waals surface area contributed by atoms with Crippen molar-refractivity contribution in [2.75, 3.05) is 6.61 Å². The molecule has 0 spiro atoms. The normalized spacial score (nSPS) is 28.8. The standard InChI is InChI=1S/C10H17N2O15P3/c1-12-9(15)4(2-11-10(12)16)8-7(14)6(13)5(25-8)3-24-29(20,21)27-30(22,23)26-28(17,18)19/h2,5-8,13-14H,3H2,1H3,(H,11,16)(H,20,21)(H,22,23)(H2,17,18,19)/t5-,6-,7-,8+/m1/s1. The second-order valence-corrected chi connectivity index (χ2v) is 10.3. The van der Waals surface area contributed by atoms with Gasteiger partial charge in [-0.25, -0.2) is 18.5 Å². The molecule has 1 aromatic heterocycles. The lowest BCUT2D eigenvalue weighted by atomic mass is 10.0. The highest BCUT2D eigenvalue weighted by Gasteiger charge is 2.47. The minimum absolute atomic E-state index is 0.260. The molecule has 0 amide bonds. The van der Waals surface area contributed by atoms with Crippen molar-refractivity contribution >= 4 is 23.5 Å². The van der Waals surface area contributed by atoms with Crippen LogP contribution in [0.25, 0.3) is 0 Å². The van der Waals surface area contributed by atoms with Crippen molar-refractivity contribution in [3.05, 3.63) is 32.6 Å². The summed E-state index contributed by atoms with van der Waals surface area (Å²) < 4.78 is 50.8. The molecule has 2 unspecified atom stereocenters. The van der Waals surface area contributed by atoms with Crippen molar-refractivity contribution in [2.24, 2.45) is 7.05 Å². The highest BCUT2D eigenvalue weighted by atomic mass is 31.3. The minimum Gasteiger partial charge on any atom is -0.387 e. The van der Waals surface area contributed by atoms with Crippen molar-refractivity contribution in [2.45, 2.75) is 24.4 Å². The van der Waals surface area contributed by atoms with Gasteiger partial charge in [-0.3, -0.25) is 13.9 Å². The van der Waals surface area contributed by atoms with Crippen molar-refractivity contribution in [3.8, 4) is 0 Å². The molecule has 0 aromatic carbocycles. The molecule has 0 saturated carbocycles. The fourth-order valence-corrected chi connectivity index (χ4v) is 5.43. The van der Waals surface area contributed by atoms with Crippen molar-refractivity contribution in [1.82, 2.24) is 9.55 Å². The Morgan fingerprint density at radius 3 is 2.23 bits per heavy atom. The fourth-order valence-electron chi connectivity index (χ4n) is 2.40. The molecule has 20 heteroatoms. The van der Waals surface area contributed by atoms with Gasteiger partial charge in [-0.1, -0.05) is 0 Å². The Labute approximate surface area is 165 Å². The molecular formula is C10H17N2O15P3. The molecule has 0 radical (unpaired) electrons. The van der Waals surface area contributed by atoms with Crippen LogP contribution < -0.4 is 11.2 Å². The zero-order chi connectivity index (χ0) is 23.1. The first kappa shape index (κ1) is 25.2. The first-order chi connectivity index (χ1) is 13.5. The molecule has 1 aliphatic heterocycles. The SMILES string of the molecule is Cn1c(=O)[nH]cc([C@@H]2O[C@H](COP(=O)(O)OP(=O)(O)OP(=O)(O)O)[C@@H](O)[C@H]2O)c1=O. The van der Waals surface area contributed by atoms with Crippen molar-refractivity contribution in [1.29, 1.82) is 0 Å². The topological polar surface area (TPSA) is 264 Å². The van der Waals surface area contributed by atoms with E-state index in [1.54, 1.807) is 0 Å². The number of aromatic nitrogens is 2. The largest absolute Gasteiger partial charge is 0.490 e. The van der Waals surface area contributed by atoms with Gasteiger partial charge in [-0.2, -0.15) is 8.62 Å². The number of H-pyrrole nitrogens is 1. The number of aromatic amines is 1. The molecular weight excluding hydrogens is 481 g/mol.